The molecule has 0 N–H and O–H groups in total. The second kappa shape index (κ2) is 4.96. The Morgan fingerprint density at radius 2 is 1.74 bits per heavy atom. The molecule has 5 nitrogen and oxygen atoms in total. The summed E-state index contributed by atoms with van der Waals surface area (Å²) in [4.78, 5) is 6.71. The minimum absolute atomic E-state index is 0.309. The fourth-order valence-electron chi connectivity index (χ4n) is 0.874. The highest BCUT2D eigenvalue weighted by molar-refractivity contribution is 7.87. The summed E-state index contributed by atoms with van der Waals surface area (Å²) < 4.78 is 86.5. The topological polar surface area (TPSA) is 69.2 Å². The minimum Gasteiger partial charge on any atom is -0.258 e. The number of aryl methyl sites for hydroxylation is 1. The Morgan fingerprint density at radius 1 is 1.16 bits per heavy atom. The number of rotatable bonds is 4. The Bertz CT molecular complexity index is 540. The zero-order valence-electron chi connectivity index (χ0n) is 9.28. The summed E-state index contributed by atoms with van der Waals surface area (Å²) in [6.07, 6.45) is 1.58. The molecule has 0 bridgehead atoms. The van der Waals surface area contributed by atoms with Gasteiger partial charge < -0.3 is 0 Å². The summed E-state index contributed by atoms with van der Waals surface area (Å²) in [5.74, 6) is -4.01. The maximum absolute atomic E-state index is 13.3. The van der Waals surface area contributed by atoms with Crippen LogP contribution < -0.4 is 0 Å². The van der Waals surface area contributed by atoms with Crippen molar-refractivity contribution in [3.63, 3.8) is 0 Å². The van der Waals surface area contributed by atoms with E-state index < -0.39 is 33.8 Å². The van der Waals surface area contributed by atoms with Gasteiger partial charge in [0, 0.05) is 6.20 Å². The molecule has 1 rings (SSSR count). The van der Waals surface area contributed by atoms with Crippen LogP contribution in [0.25, 0.3) is 0 Å². The van der Waals surface area contributed by atoms with Gasteiger partial charge in [-0.2, -0.15) is 30.4 Å². The van der Waals surface area contributed by atoms with E-state index in [-0.39, 0.29) is 0 Å². The SMILES string of the molecule is Cc1cnc(C(F)(F)COS(=O)(=O)C(F)(F)F)cn1. The standard InChI is InChI=1S/C8H7F5N2O3S/c1-5-2-15-6(3-14-5)7(9,10)4-18-19(16,17)8(11,12)13/h2-3H,4H2,1H3. The van der Waals surface area contributed by atoms with E-state index in [1.807, 2.05) is 0 Å². The maximum Gasteiger partial charge on any atom is 0.523 e. The Labute approximate surface area is 104 Å². The van der Waals surface area contributed by atoms with Crippen LogP contribution in [0.1, 0.15) is 11.4 Å². The molecule has 0 unspecified atom stereocenters. The minimum atomic E-state index is -6.08. The van der Waals surface area contributed by atoms with E-state index in [1.54, 1.807) is 0 Å². The molecular weight excluding hydrogens is 299 g/mol. The molecule has 0 aliphatic carbocycles. The van der Waals surface area contributed by atoms with Gasteiger partial charge in [0.25, 0.3) is 0 Å². The highest BCUT2D eigenvalue weighted by atomic mass is 32.2. The van der Waals surface area contributed by atoms with E-state index in [1.165, 1.54) is 6.92 Å². The van der Waals surface area contributed by atoms with E-state index in [9.17, 15) is 30.4 Å². The predicted molar refractivity (Wildman–Crippen MR) is 51.6 cm³/mol. The van der Waals surface area contributed by atoms with Gasteiger partial charge in [-0.15, -0.1) is 0 Å². The van der Waals surface area contributed by atoms with Crippen LogP contribution in [-0.4, -0.2) is 30.5 Å². The molecule has 0 aliphatic rings. The van der Waals surface area contributed by atoms with Gasteiger partial charge in [-0.05, 0) is 6.92 Å². The molecule has 11 heteroatoms. The van der Waals surface area contributed by atoms with E-state index >= 15 is 0 Å². The predicted octanol–water partition coefficient (Wildman–Crippen LogP) is 1.74. The van der Waals surface area contributed by atoms with Gasteiger partial charge in [0.05, 0.1) is 11.9 Å². The van der Waals surface area contributed by atoms with Crippen LogP contribution in [-0.2, 0) is 20.2 Å². The Balaban J connectivity index is 2.84. The lowest BCUT2D eigenvalue weighted by molar-refractivity contribution is -0.0763. The highest BCUT2D eigenvalue weighted by Gasteiger charge is 2.49. The van der Waals surface area contributed by atoms with Crippen LogP contribution in [0, 0.1) is 6.92 Å². The molecule has 0 saturated carbocycles. The number of halogens is 5. The average molecular weight is 306 g/mol. The normalized spacial score (nSPS) is 13.6. The van der Waals surface area contributed by atoms with Gasteiger partial charge in [-0.1, -0.05) is 0 Å². The average Bonchev–Trinajstić information content (AvgIpc) is 2.26. The lowest BCUT2D eigenvalue weighted by Crippen LogP contribution is -2.31. The molecule has 0 fully saturated rings. The number of aromatic nitrogens is 2. The van der Waals surface area contributed by atoms with Gasteiger partial charge in [0.1, 0.15) is 12.3 Å². The van der Waals surface area contributed by atoms with Crippen molar-refractivity contribution in [3.8, 4) is 0 Å². The molecule has 19 heavy (non-hydrogen) atoms. The van der Waals surface area contributed by atoms with Crippen molar-refractivity contribution in [2.75, 3.05) is 6.61 Å². The van der Waals surface area contributed by atoms with Crippen molar-refractivity contribution in [2.45, 2.75) is 18.4 Å². The van der Waals surface area contributed by atoms with Crippen LogP contribution in [0.5, 0.6) is 0 Å². The summed E-state index contributed by atoms with van der Waals surface area (Å²) in [6, 6.07) is 0. The quantitative estimate of drug-likeness (QED) is 0.481. The number of hydrogen-bond donors (Lipinski definition) is 0. The summed E-state index contributed by atoms with van der Waals surface area (Å²) in [7, 11) is -6.08. The summed E-state index contributed by atoms with van der Waals surface area (Å²) >= 11 is 0. The van der Waals surface area contributed by atoms with Gasteiger partial charge in [0.15, 0.2) is 0 Å². The molecule has 1 aromatic heterocycles. The fraction of sp³-hybridized carbons (Fsp3) is 0.500. The largest absolute Gasteiger partial charge is 0.523 e. The second-order valence-corrected chi connectivity index (χ2v) is 5.02. The third-order valence-electron chi connectivity index (χ3n) is 1.83. The zero-order valence-corrected chi connectivity index (χ0v) is 10.1. The first kappa shape index (κ1) is 15.7. The molecule has 108 valence electrons. The Morgan fingerprint density at radius 3 is 2.16 bits per heavy atom. The van der Waals surface area contributed by atoms with Gasteiger partial charge in [-0.25, -0.2) is 0 Å². The third kappa shape index (κ3) is 3.80. The zero-order chi connectivity index (χ0) is 14.9. The van der Waals surface area contributed by atoms with E-state index in [2.05, 4.69) is 14.2 Å². The monoisotopic (exact) mass is 306 g/mol. The number of nitrogens with zero attached hydrogens (tertiary/aromatic N) is 2. The molecule has 0 radical (unpaired) electrons. The maximum atomic E-state index is 13.3. The van der Waals surface area contributed by atoms with Crippen LogP contribution >= 0.6 is 0 Å². The van der Waals surface area contributed by atoms with Gasteiger partial charge >= 0.3 is 21.5 Å². The van der Waals surface area contributed by atoms with Crippen molar-refractivity contribution in [2.24, 2.45) is 0 Å². The third-order valence-corrected chi connectivity index (χ3v) is 2.83. The first-order chi connectivity index (χ1) is 8.46. The van der Waals surface area contributed by atoms with E-state index in [0.717, 1.165) is 6.20 Å². The van der Waals surface area contributed by atoms with E-state index in [0.29, 0.717) is 11.9 Å². The van der Waals surface area contributed by atoms with Crippen molar-refractivity contribution in [1.29, 1.82) is 0 Å². The molecule has 0 aliphatic heterocycles. The second-order valence-electron chi connectivity index (χ2n) is 3.41. The molecular formula is C8H7F5N2O3S. The number of hydrogen-bond acceptors (Lipinski definition) is 5. The summed E-state index contributed by atoms with van der Waals surface area (Å²) in [5.41, 5.74) is -6.44. The van der Waals surface area contributed by atoms with Gasteiger partial charge in [0.2, 0.25) is 0 Å². The van der Waals surface area contributed by atoms with Crippen LogP contribution in [0.4, 0.5) is 22.0 Å². The van der Waals surface area contributed by atoms with Crippen LogP contribution in [0.2, 0.25) is 0 Å². The van der Waals surface area contributed by atoms with E-state index in [4.69, 9.17) is 0 Å². The van der Waals surface area contributed by atoms with Crippen molar-refractivity contribution < 1.29 is 34.6 Å². The molecule has 0 aromatic carbocycles. The van der Waals surface area contributed by atoms with Gasteiger partial charge in [-0.3, -0.25) is 14.2 Å². The first-order valence-electron chi connectivity index (χ1n) is 4.58. The molecule has 1 heterocycles. The molecule has 1 aromatic rings. The van der Waals surface area contributed by atoms with Crippen molar-refractivity contribution >= 4 is 10.1 Å². The van der Waals surface area contributed by atoms with Crippen molar-refractivity contribution in [3.05, 3.63) is 23.8 Å². The Kier molecular flexibility index (Phi) is 4.10. The summed E-state index contributed by atoms with van der Waals surface area (Å²) in [5, 5.41) is 0. The smallest absolute Gasteiger partial charge is 0.258 e. The first-order valence-corrected chi connectivity index (χ1v) is 5.99. The molecule has 0 atom stereocenters. The lowest BCUT2D eigenvalue weighted by atomic mass is 10.2. The fourth-order valence-corrected chi connectivity index (χ4v) is 1.31. The summed E-state index contributed by atoms with van der Waals surface area (Å²) in [6.45, 7) is -0.549. The van der Waals surface area contributed by atoms with Crippen molar-refractivity contribution in [1.82, 2.24) is 9.97 Å². The molecule has 0 saturated heterocycles. The van der Waals surface area contributed by atoms with Crippen LogP contribution in [0.15, 0.2) is 12.4 Å². The highest BCUT2D eigenvalue weighted by Crippen LogP contribution is 2.30. The molecule has 0 spiro atoms. The molecule has 0 amide bonds. The van der Waals surface area contributed by atoms with Crippen LogP contribution in [0.3, 0.4) is 0 Å². The Hall–Kier alpha value is -1.36. The number of alkyl halides is 5. The lowest BCUT2D eigenvalue weighted by Gasteiger charge is -2.16.